The second-order valence-corrected chi connectivity index (χ2v) is 9.16. The highest BCUT2D eigenvalue weighted by Crippen LogP contribution is 2.34. The van der Waals surface area contributed by atoms with Crippen molar-refractivity contribution in [3.63, 3.8) is 0 Å². The molecule has 2 aliphatic rings. The van der Waals surface area contributed by atoms with Crippen LogP contribution in [0.2, 0.25) is 0 Å². The van der Waals surface area contributed by atoms with Gasteiger partial charge in [0, 0.05) is 13.1 Å². The van der Waals surface area contributed by atoms with Crippen LogP contribution in [-0.2, 0) is 15.4 Å². The summed E-state index contributed by atoms with van der Waals surface area (Å²) in [7, 11) is -2.78. The fourth-order valence-corrected chi connectivity index (χ4v) is 5.75. The van der Waals surface area contributed by atoms with Crippen molar-refractivity contribution >= 4 is 9.84 Å². The molecule has 0 aliphatic carbocycles. The Hall–Kier alpha value is -0.910. The summed E-state index contributed by atoms with van der Waals surface area (Å²) < 4.78 is 23.0. The van der Waals surface area contributed by atoms with E-state index in [2.05, 4.69) is 4.90 Å². The molecule has 0 spiro atoms. The molecule has 2 fully saturated rings. The summed E-state index contributed by atoms with van der Waals surface area (Å²) in [5.74, 6) is 1.01. The van der Waals surface area contributed by atoms with Crippen LogP contribution in [0, 0.1) is 12.8 Å². The molecule has 122 valence electrons. The van der Waals surface area contributed by atoms with E-state index in [1.807, 2.05) is 31.2 Å². The molecule has 2 atom stereocenters. The first-order chi connectivity index (χ1) is 10.4. The maximum Gasteiger partial charge on any atom is 0.150 e. The van der Waals surface area contributed by atoms with E-state index in [0.717, 1.165) is 43.5 Å². The predicted molar refractivity (Wildman–Crippen MR) is 87.5 cm³/mol. The number of aliphatic hydroxyl groups is 1. The molecular weight excluding hydrogens is 298 g/mol. The maximum atomic E-state index is 11.5. The number of rotatable bonds is 4. The third-order valence-electron chi connectivity index (χ3n) is 5.15. The molecule has 22 heavy (non-hydrogen) atoms. The van der Waals surface area contributed by atoms with Crippen molar-refractivity contribution in [1.82, 2.24) is 4.90 Å². The minimum atomic E-state index is -2.78. The van der Waals surface area contributed by atoms with Crippen molar-refractivity contribution < 1.29 is 13.5 Å². The summed E-state index contributed by atoms with van der Waals surface area (Å²) in [6, 6.07) is 8.03. The number of likely N-dealkylation sites (tertiary alicyclic amines) is 1. The molecule has 2 aliphatic heterocycles. The maximum absolute atomic E-state index is 11.5. The van der Waals surface area contributed by atoms with E-state index in [0.29, 0.717) is 24.0 Å². The van der Waals surface area contributed by atoms with Crippen LogP contribution in [-0.4, -0.2) is 49.6 Å². The van der Waals surface area contributed by atoms with Crippen molar-refractivity contribution in [2.45, 2.75) is 31.8 Å². The number of sulfone groups is 1. The molecule has 5 heteroatoms. The number of hydrogen-bond donors (Lipinski definition) is 1. The minimum Gasteiger partial charge on any atom is -0.384 e. The van der Waals surface area contributed by atoms with E-state index < -0.39 is 15.4 Å². The van der Waals surface area contributed by atoms with Crippen LogP contribution in [0.3, 0.4) is 0 Å². The van der Waals surface area contributed by atoms with Gasteiger partial charge in [0.15, 0.2) is 9.84 Å². The number of benzene rings is 1. The highest BCUT2D eigenvalue weighted by Gasteiger charge is 2.38. The molecule has 0 radical (unpaired) electrons. The third kappa shape index (κ3) is 3.36. The second-order valence-electron chi connectivity index (χ2n) is 6.93. The SMILES string of the molecule is Cc1ccccc1[C@]1(O)CCN(CC[C@H]2CCS(=O)(=O)C2)C1. The van der Waals surface area contributed by atoms with E-state index in [1.54, 1.807) is 0 Å². The predicted octanol–water partition coefficient (Wildman–Crippen LogP) is 1.71. The highest BCUT2D eigenvalue weighted by atomic mass is 32.2. The summed E-state index contributed by atoms with van der Waals surface area (Å²) in [6.07, 6.45) is 2.47. The van der Waals surface area contributed by atoms with E-state index in [9.17, 15) is 13.5 Å². The Morgan fingerprint density at radius 1 is 1.36 bits per heavy atom. The Kier molecular flexibility index (Phi) is 4.32. The lowest BCUT2D eigenvalue weighted by Crippen LogP contribution is -2.32. The van der Waals surface area contributed by atoms with E-state index in [-0.39, 0.29) is 0 Å². The molecule has 0 saturated carbocycles. The van der Waals surface area contributed by atoms with E-state index in [4.69, 9.17) is 0 Å². The number of aryl methyl sites for hydroxylation is 1. The van der Waals surface area contributed by atoms with Gasteiger partial charge in [0.05, 0.1) is 11.5 Å². The largest absolute Gasteiger partial charge is 0.384 e. The van der Waals surface area contributed by atoms with Crippen LogP contribution in [0.1, 0.15) is 30.4 Å². The van der Waals surface area contributed by atoms with Gasteiger partial charge < -0.3 is 5.11 Å². The van der Waals surface area contributed by atoms with Gasteiger partial charge in [-0.05, 0) is 49.8 Å². The van der Waals surface area contributed by atoms with E-state index >= 15 is 0 Å². The average molecular weight is 323 g/mol. The Morgan fingerprint density at radius 2 is 2.14 bits per heavy atom. The highest BCUT2D eigenvalue weighted by molar-refractivity contribution is 7.91. The molecule has 2 saturated heterocycles. The van der Waals surface area contributed by atoms with Crippen LogP contribution in [0.5, 0.6) is 0 Å². The average Bonchev–Trinajstić information content (AvgIpc) is 3.01. The topological polar surface area (TPSA) is 57.6 Å². The Balaban J connectivity index is 1.57. The second kappa shape index (κ2) is 5.95. The molecule has 2 heterocycles. The summed E-state index contributed by atoms with van der Waals surface area (Å²) in [4.78, 5) is 2.28. The van der Waals surface area contributed by atoms with Crippen LogP contribution in [0.15, 0.2) is 24.3 Å². The third-order valence-corrected chi connectivity index (χ3v) is 6.99. The normalized spacial score (nSPS) is 31.6. The molecule has 1 N–H and O–H groups in total. The summed E-state index contributed by atoms with van der Waals surface area (Å²) in [5, 5.41) is 11.0. The van der Waals surface area contributed by atoms with Gasteiger partial charge in [0.1, 0.15) is 5.60 Å². The van der Waals surface area contributed by atoms with Gasteiger partial charge in [0.25, 0.3) is 0 Å². The Bertz CT molecular complexity index is 643. The van der Waals surface area contributed by atoms with Crippen molar-refractivity contribution in [1.29, 1.82) is 0 Å². The molecule has 0 aromatic heterocycles. The van der Waals surface area contributed by atoms with Crippen molar-refractivity contribution in [3.05, 3.63) is 35.4 Å². The Labute approximate surface area is 133 Å². The quantitative estimate of drug-likeness (QED) is 0.916. The van der Waals surface area contributed by atoms with Gasteiger partial charge in [-0.1, -0.05) is 24.3 Å². The first kappa shape index (κ1) is 16.0. The zero-order valence-corrected chi connectivity index (χ0v) is 14.0. The molecule has 1 aromatic carbocycles. The van der Waals surface area contributed by atoms with Crippen LogP contribution < -0.4 is 0 Å². The number of hydrogen-bond acceptors (Lipinski definition) is 4. The summed E-state index contributed by atoms with van der Waals surface area (Å²) >= 11 is 0. The van der Waals surface area contributed by atoms with Gasteiger partial charge in [-0.3, -0.25) is 4.90 Å². The van der Waals surface area contributed by atoms with Gasteiger partial charge in [-0.25, -0.2) is 8.42 Å². The monoisotopic (exact) mass is 323 g/mol. The van der Waals surface area contributed by atoms with Crippen LogP contribution >= 0.6 is 0 Å². The lowest BCUT2D eigenvalue weighted by Gasteiger charge is -2.26. The molecule has 1 aromatic rings. The zero-order chi connectivity index (χ0) is 15.8. The number of nitrogens with zero attached hydrogens (tertiary/aromatic N) is 1. The lowest BCUT2D eigenvalue weighted by molar-refractivity contribution is 0.0450. The molecule has 0 unspecified atom stereocenters. The number of β-amino-alcohol motifs (C(OH)–C–C–N with tert-alkyl or cyclic N) is 1. The fourth-order valence-electron chi connectivity index (χ4n) is 3.84. The molecule has 0 amide bonds. The van der Waals surface area contributed by atoms with Gasteiger partial charge >= 0.3 is 0 Å². The van der Waals surface area contributed by atoms with Crippen LogP contribution in [0.4, 0.5) is 0 Å². The molecule has 4 nitrogen and oxygen atoms in total. The smallest absolute Gasteiger partial charge is 0.150 e. The first-order valence-corrected chi connectivity index (χ1v) is 9.91. The lowest BCUT2D eigenvalue weighted by atomic mass is 9.89. The van der Waals surface area contributed by atoms with Gasteiger partial charge in [-0.2, -0.15) is 0 Å². The zero-order valence-electron chi connectivity index (χ0n) is 13.2. The van der Waals surface area contributed by atoms with Gasteiger partial charge in [-0.15, -0.1) is 0 Å². The first-order valence-electron chi connectivity index (χ1n) is 8.09. The van der Waals surface area contributed by atoms with Crippen molar-refractivity contribution in [2.24, 2.45) is 5.92 Å². The summed E-state index contributed by atoms with van der Waals surface area (Å²) in [6.45, 7) is 4.45. The van der Waals surface area contributed by atoms with Crippen molar-refractivity contribution in [2.75, 3.05) is 31.1 Å². The van der Waals surface area contributed by atoms with Crippen molar-refractivity contribution in [3.8, 4) is 0 Å². The fraction of sp³-hybridized carbons (Fsp3) is 0.647. The minimum absolute atomic E-state index is 0.303. The molecular formula is C17H25NO3S. The van der Waals surface area contributed by atoms with Gasteiger partial charge in [0.2, 0.25) is 0 Å². The Morgan fingerprint density at radius 3 is 2.82 bits per heavy atom. The van der Waals surface area contributed by atoms with Crippen LogP contribution in [0.25, 0.3) is 0 Å². The standard InChI is InChI=1S/C17H25NO3S/c1-14-4-2-3-5-16(14)17(19)8-10-18(13-17)9-6-15-7-11-22(20,21)12-15/h2-5,15,19H,6-13H2,1H3/t15-,17-/m0/s1. The molecule has 0 bridgehead atoms. The van der Waals surface area contributed by atoms with E-state index in [1.165, 1.54) is 0 Å². The summed E-state index contributed by atoms with van der Waals surface area (Å²) in [5.41, 5.74) is 1.40. The molecule has 3 rings (SSSR count).